The Kier molecular flexibility index (Phi) is 3.29. The summed E-state index contributed by atoms with van der Waals surface area (Å²) in [4.78, 5) is -0.000638. The van der Waals surface area contributed by atoms with Gasteiger partial charge in [-0.2, -0.15) is 0 Å². The zero-order valence-electron chi connectivity index (χ0n) is 10.9. The molecule has 0 aromatic heterocycles. The maximum atomic E-state index is 13.6. The number of hydrogen-bond donors (Lipinski definition) is 2. The van der Waals surface area contributed by atoms with Crippen molar-refractivity contribution >= 4 is 21.4 Å². The monoisotopic (exact) mass is 310 g/mol. The maximum Gasteiger partial charge on any atom is 0.262 e. The Morgan fingerprint density at radius 3 is 2.76 bits per heavy atom. The number of fused-ring (bicyclic) bond motifs is 1. The molecule has 2 aromatic rings. The first-order valence-electron chi connectivity index (χ1n) is 6.31. The molecule has 3 rings (SSSR count). The third-order valence-corrected chi connectivity index (χ3v) is 4.66. The van der Waals surface area contributed by atoms with Crippen molar-refractivity contribution in [2.45, 2.75) is 11.3 Å². The van der Waals surface area contributed by atoms with Gasteiger partial charge in [-0.25, -0.2) is 17.2 Å². The van der Waals surface area contributed by atoms with Gasteiger partial charge in [0.1, 0.15) is 0 Å². The summed E-state index contributed by atoms with van der Waals surface area (Å²) in [5.41, 5.74) is 1.37. The van der Waals surface area contributed by atoms with Crippen molar-refractivity contribution in [3.8, 4) is 0 Å². The minimum absolute atomic E-state index is 0.000638. The van der Waals surface area contributed by atoms with Gasteiger partial charge in [0.05, 0.1) is 10.6 Å². The molecule has 0 aliphatic carbocycles. The highest BCUT2D eigenvalue weighted by Gasteiger charge is 2.20. The summed E-state index contributed by atoms with van der Waals surface area (Å²) in [6.07, 6.45) is 0.835. The lowest BCUT2D eigenvalue weighted by Gasteiger charge is -2.10. The van der Waals surface area contributed by atoms with Crippen LogP contribution in [0.15, 0.2) is 41.3 Å². The number of rotatable bonds is 3. The van der Waals surface area contributed by atoms with Gasteiger partial charge in [-0.1, -0.05) is 12.1 Å². The second kappa shape index (κ2) is 5.00. The molecule has 2 aromatic carbocycles. The van der Waals surface area contributed by atoms with E-state index >= 15 is 0 Å². The van der Waals surface area contributed by atoms with Gasteiger partial charge in [0, 0.05) is 12.2 Å². The minimum Gasteiger partial charge on any atom is -0.384 e. The standard InChI is InChI=1S/C14H12F2N2O2S/c15-11-2-1-3-12(14(11)16)18-21(19,20)10-5-4-9-6-7-17-13(9)8-10/h1-5,8,17-18H,6-7H2. The first-order valence-corrected chi connectivity index (χ1v) is 7.79. The molecule has 110 valence electrons. The Balaban J connectivity index is 1.96. The van der Waals surface area contributed by atoms with Gasteiger partial charge in [-0.3, -0.25) is 4.72 Å². The summed E-state index contributed by atoms with van der Waals surface area (Å²) in [6.45, 7) is 0.755. The van der Waals surface area contributed by atoms with Crippen molar-refractivity contribution in [1.29, 1.82) is 0 Å². The molecule has 0 saturated heterocycles. The maximum absolute atomic E-state index is 13.6. The van der Waals surface area contributed by atoms with E-state index in [1.165, 1.54) is 24.3 Å². The molecular weight excluding hydrogens is 298 g/mol. The SMILES string of the molecule is O=S(=O)(Nc1cccc(F)c1F)c1ccc2c(c1)NCC2. The summed E-state index contributed by atoms with van der Waals surface area (Å²) in [6, 6.07) is 7.98. The fourth-order valence-corrected chi connectivity index (χ4v) is 3.31. The van der Waals surface area contributed by atoms with E-state index in [9.17, 15) is 17.2 Å². The van der Waals surface area contributed by atoms with E-state index in [0.29, 0.717) is 0 Å². The van der Waals surface area contributed by atoms with Crippen LogP contribution in [0.3, 0.4) is 0 Å². The van der Waals surface area contributed by atoms with Crippen molar-refractivity contribution in [1.82, 2.24) is 0 Å². The largest absolute Gasteiger partial charge is 0.384 e. The van der Waals surface area contributed by atoms with Gasteiger partial charge >= 0.3 is 0 Å². The van der Waals surface area contributed by atoms with Crippen LogP contribution < -0.4 is 10.0 Å². The average molecular weight is 310 g/mol. The molecule has 0 spiro atoms. The fourth-order valence-electron chi connectivity index (χ4n) is 2.22. The molecule has 1 aliphatic rings. The van der Waals surface area contributed by atoms with Crippen LogP contribution >= 0.6 is 0 Å². The third-order valence-electron chi connectivity index (χ3n) is 3.30. The number of benzene rings is 2. The Morgan fingerprint density at radius 2 is 1.95 bits per heavy atom. The number of hydrogen-bond acceptors (Lipinski definition) is 3. The molecule has 0 bridgehead atoms. The van der Waals surface area contributed by atoms with Crippen molar-refractivity contribution in [3.05, 3.63) is 53.6 Å². The van der Waals surface area contributed by atoms with Gasteiger partial charge in [0.25, 0.3) is 10.0 Å². The number of sulfonamides is 1. The quantitative estimate of drug-likeness (QED) is 0.916. The molecule has 0 atom stereocenters. The highest BCUT2D eigenvalue weighted by molar-refractivity contribution is 7.92. The normalized spacial score (nSPS) is 13.6. The number of halogens is 2. The molecule has 0 amide bonds. The Bertz CT molecular complexity index is 807. The van der Waals surface area contributed by atoms with Crippen LogP contribution in [0.1, 0.15) is 5.56 Å². The van der Waals surface area contributed by atoms with Crippen LogP contribution in [0.4, 0.5) is 20.2 Å². The van der Waals surface area contributed by atoms with Crippen LogP contribution in [0.5, 0.6) is 0 Å². The second-order valence-electron chi connectivity index (χ2n) is 4.70. The van der Waals surface area contributed by atoms with E-state index < -0.39 is 27.3 Å². The van der Waals surface area contributed by atoms with Gasteiger partial charge in [-0.15, -0.1) is 0 Å². The first-order chi connectivity index (χ1) is 9.97. The summed E-state index contributed by atoms with van der Waals surface area (Å²) in [5, 5.41) is 3.07. The summed E-state index contributed by atoms with van der Waals surface area (Å²) < 4.78 is 53.2. The average Bonchev–Trinajstić information content (AvgIpc) is 2.91. The molecular formula is C14H12F2N2O2S. The minimum atomic E-state index is -3.97. The van der Waals surface area contributed by atoms with Gasteiger partial charge in [0.15, 0.2) is 11.6 Å². The zero-order valence-corrected chi connectivity index (χ0v) is 11.7. The van der Waals surface area contributed by atoms with Crippen LogP contribution in [0, 0.1) is 11.6 Å². The van der Waals surface area contributed by atoms with Crippen LogP contribution in [-0.2, 0) is 16.4 Å². The third kappa shape index (κ3) is 2.56. The Morgan fingerprint density at radius 1 is 1.14 bits per heavy atom. The highest BCUT2D eigenvalue weighted by atomic mass is 32.2. The van der Waals surface area contributed by atoms with E-state index in [1.54, 1.807) is 6.07 Å². The predicted octanol–water partition coefficient (Wildman–Crippen LogP) is 2.73. The number of anilines is 2. The molecule has 21 heavy (non-hydrogen) atoms. The van der Waals surface area contributed by atoms with E-state index in [-0.39, 0.29) is 4.90 Å². The lowest BCUT2D eigenvalue weighted by molar-refractivity contribution is 0.511. The van der Waals surface area contributed by atoms with Crippen molar-refractivity contribution in [2.24, 2.45) is 0 Å². The first kappa shape index (κ1) is 13.8. The van der Waals surface area contributed by atoms with E-state index in [1.807, 2.05) is 0 Å². The van der Waals surface area contributed by atoms with Crippen molar-refractivity contribution < 1.29 is 17.2 Å². The fraction of sp³-hybridized carbons (Fsp3) is 0.143. The lowest BCUT2D eigenvalue weighted by atomic mass is 10.2. The second-order valence-corrected chi connectivity index (χ2v) is 6.39. The molecule has 4 nitrogen and oxygen atoms in total. The van der Waals surface area contributed by atoms with Gasteiger partial charge in [0.2, 0.25) is 0 Å². The van der Waals surface area contributed by atoms with E-state index in [2.05, 4.69) is 10.0 Å². The zero-order chi connectivity index (χ0) is 15.0. The molecule has 0 radical (unpaired) electrons. The van der Waals surface area contributed by atoms with E-state index in [0.717, 1.165) is 30.3 Å². The van der Waals surface area contributed by atoms with Crippen molar-refractivity contribution in [2.75, 3.05) is 16.6 Å². The molecule has 1 heterocycles. The molecule has 7 heteroatoms. The summed E-state index contributed by atoms with van der Waals surface area (Å²) in [7, 11) is -3.97. The lowest BCUT2D eigenvalue weighted by Crippen LogP contribution is -2.14. The van der Waals surface area contributed by atoms with Crippen molar-refractivity contribution in [3.63, 3.8) is 0 Å². The molecule has 2 N–H and O–H groups in total. The number of nitrogens with one attached hydrogen (secondary N) is 2. The predicted molar refractivity (Wildman–Crippen MR) is 75.8 cm³/mol. The Labute approximate surface area is 120 Å². The smallest absolute Gasteiger partial charge is 0.262 e. The molecule has 1 aliphatic heterocycles. The van der Waals surface area contributed by atoms with Gasteiger partial charge in [-0.05, 0) is 36.2 Å². The van der Waals surface area contributed by atoms with Crippen LogP contribution in [0.2, 0.25) is 0 Å². The summed E-state index contributed by atoms with van der Waals surface area (Å²) >= 11 is 0. The Hall–Kier alpha value is -2.15. The molecule has 0 saturated carbocycles. The summed E-state index contributed by atoms with van der Waals surface area (Å²) in [5.74, 6) is -2.33. The van der Waals surface area contributed by atoms with E-state index in [4.69, 9.17) is 0 Å². The van der Waals surface area contributed by atoms with Gasteiger partial charge < -0.3 is 5.32 Å². The topological polar surface area (TPSA) is 58.2 Å². The molecule has 0 fully saturated rings. The van der Waals surface area contributed by atoms with Crippen LogP contribution in [0.25, 0.3) is 0 Å². The highest BCUT2D eigenvalue weighted by Crippen LogP contribution is 2.27. The molecule has 0 unspecified atom stereocenters. The van der Waals surface area contributed by atoms with Crippen LogP contribution in [-0.4, -0.2) is 15.0 Å².